The van der Waals surface area contributed by atoms with Crippen molar-refractivity contribution in [1.82, 2.24) is 0 Å². The number of rotatable bonds is 5. The van der Waals surface area contributed by atoms with Crippen LogP contribution >= 0.6 is 0 Å². The van der Waals surface area contributed by atoms with Crippen LogP contribution < -0.4 is 4.74 Å². The van der Waals surface area contributed by atoms with Crippen molar-refractivity contribution < 1.29 is 19.0 Å². The number of halogens is 1. The number of carbonyl (C=O) groups is 1. The van der Waals surface area contributed by atoms with Gasteiger partial charge in [0, 0.05) is 0 Å². The van der Waals surface area contributed by atoms with E-state index in [4.69, 9.17) is 9.84 Å². The maximum absolute atomic E-state index is 13.5. The molecule has 1 unspecified atom stereocenters. The topological polar surface area (TPSA) is 46.5 Å². The highest BCUT2D eigenvalue weighted by Crippen LogP contribution is 2.21. The van der Waals surface area contributed by atoms with Crippen LogP contribution in [0.3, 0.4) is 0 Å². The zero-order valence-corrected chi connectivity index (χ0v) is 12.0. The Labute approximate surface area is 123 Å². The van der Waals surface area contributed by atoms with Gasteiger partial charge in [-0.3, -0.25) is 4.79 Å². The maximum Gasteiger partial charge on any atom is 0.310 e. The number of ether oxygens (including phenoxy) is 1. The van der Waals surface area contributed by atoms with E-state index < -0.39 is 17.7 Å². The zero-order valence-electron chi connectivity index (χ0n) is 12.0. The summed E-state index contributed by atoms with van der Waals surface area (Å²) in [6, 6.07) is 11.8. The third kappa shape index (κ3) is 3.81. The SMILES string of the molecule is Cc1ccc(F)c(OCc2ccc(C(C)C(=O)O)cc2)c1. The molecule has 4 heteroatoms. The van der Waals surface area contributed by atoms with Gasteiger partial charge in [-0.15, -0.1) is 0 Å². The van der Waals surface area contributed by atoms with Crippen molar-refractivity contribution in [1.29, 1.82) is 0 Å². The minimum atomic E-state index is -0.860. The molecule has 2 aromatic rings. The van der Waals surface area contributed by atoms with E-state index in [1.165, 1.54) is 6.07 Å². The standard InChI is InChI=1S/C17H17FO3/c1-11-3-8-15(18)16(9-11)21-10-13-4-6-14(7-5-13)12(2)17(19)20/h3-9,12H,10H2,1-2H3,(H,19,20). The molecule has 0 spiro atoms. The van der Waals surface area contributed by atoms with E-state index in [1.807, 2.05) is 6.92 Å². The fourth-order valence-electron chi connectivity index (χ4n) is 1.93. The summed E-state index contributed by atoms with van der Waals surface area (Å²) in [7, 11) is 0. The molecule has 21 heavy (non-hydrogen) atoms. The first kappa shape index (κ1) is 15.0. The molecule has 0 saturated heterocycles. The Morgan fingerprint density at radius 2 is 1.90 bits per heavy atom. The van der Waals surface area contributed by atoms with Gasteiger partial charge < -0.3 is 9.84 Å². The Morgan fingerprint density at radius 1 is 1.24 bits per heavy atom. The lowest BCUT2D eigenvalue weighted by Crippen LogP contribution is -2.07. The minimum Gasteiger partial charge on any atom is -0.486 e. The summed E-state index contributed by atoms with van der Waals surface area (Å²) in [6.45, 7) is 3.74. The number of carboxylic acid groups (broad SMARTS) is 1. The molecule has 0 aliphatic carbocycles. The summed E-state index contributed by atoms with van der Waals surface area (Å²) in [4.78, 5) is 10.9. The van der Waals surface area contributed by atoms with Crippen molar-refractivity contribution in [2.45, 2.75) is 26.4 Å². The molecule has 1 N–H and O–H groups in total. The summed E-state index contributed by atoms with van der Waals surface area (Å²) in [5.41, 5.74) is 2.52. The molecule has 0 bridgehead atoms. The lowest BCUT2D eigenvalue weighted by molar-refractivity contribution is -0.138. The molecule has 0 aromatic heterocycles. The number of hydrogen-bond acceptors (Lipinski definition) is 2. The quantitative estimate of drug-likeness (QED) is 0.907. The Bertz CT molecular complexity index is 635. The van der Waals surface area contributed by atoms with Crippen LogP contribution in [0.4, 0.5) is 4.39 Å². The molecule has 0 fully saturated rings. The highest BCUT2D eigenvalue weighted by Gasteiger charge is 2.13. The molecule has 110 valence electrons. The van der Waals surface area contributed by atoms with Gasteiger partial charge in [0.2, 0.25) is 0 Å². The van der Waals surface area contributed by atoms with E-state index in [-0.39, 0.29) is 12.4 Å². The average molecular weight is 288 g/mol. The fourth-order valence-corrected chi connectivity index (χ4v) is 1.93. The normalized spacial score (nSPS) is 12.0. The average Bonchev–Trinajstić information content (AvgIpc) is 2.48. The van der Waals surface area contributed by atoms with Gasteiger partial charge in [0.05, 0.1) is 5.92 Å². The predicted octanol–water partition coefficient (Wildman–Crippen LogP) is 3.90. The van der Waals surface area contributed by atoms with Crippen molar-refractivity contribution in [2.75, 3.05) is 0 Å². The fraction of sp³-hybridized carbons (Fsp3) is 0.235. The second-order valence-electron chi connectivity index (χ2n) is 5.02. The van der Waals surface area contributed by atoms with E-state index in [2.05, 4.69) is 0 Å². The Kier molecular flexibility index (Phi) is 4.58. The molecule has 1 atom stereocenters. The Morgan fingerprint density at radius 3 is 2.52 bits per heavy atom. The number of aryl methyl sites for hydroxylation is 1. The van der Waals surface area contributed by atoms with Crippen LogP contribution in [0.25, 0.3) is 0 Å². The lowest BCUT2D eigenvalue weighted by atomic mass is 10.0. The van der Waals surface area contributed by atoms with Gasteiger partial charge in [-0.1, -0.05) is 30.3 Å². The van der Waals surface area contributed by atoms with Crippen LogP contribution in [0.1, 0.15) is 29.5 Å². The van der Waals surface area contributed by atoms with Gasteiger partial charge in [-0.2, -0.15) is 0 Å². The highest BCUT2D eigenvalue weighted by molar-refractivity contribution is 5.75. The monoisotopic (exact) mass is 288 g/mol. The van der Waals surface area contributed by atoms with Gasteiger partial charge in [0.1, 0.15) is 6.61 Å². The molecule has 3 nitrogen and oxygen atoms in total. The van der Waals surface area contributed by atoms with Crippen LogP contribution in [-0.4, -0.2) is 11.1 Å². The summed E-state index contributed by atoms with van der Waals surface area (Å²) >= 11 is 0. The summed E-state index contributed by atoms with van der Waals surface area (Å²) < 4.78 is 19.0. The Balaban J connectivity index is 2.04. The summed E-state index contributed by atoms with van der Waals surface area (Å²) in [5.74, 6) is -1.58. The van der Waals surface area contributed by atoms with Crippen molar-refractivity contribution >= 4 is 5.97 Å². The van der Waals surface area contributed by atoms with Crippen molar-refractivity contribution in [3.05, 3.63) is 65.0 Å². The molecule has 2 rings (SSSR count). The van der Waals surface area contributed by atoms with Crippen LogP contribution in [0.2, 0.25) is 0 Å². The lowest BCUT2D eigenvalue weighted by Gasteiger charge is -2.10. The van der Waals surface area contributed by atoms with Gasteiger partial charge in [-0.05, 0) is 42.7 Å². The highest BCUT2D eigenvalue weighted by atomic mass is 19.1. The summed E-state index contributed by atoms with van der Waals surface area (Å²) in [5, 5.41) is 8.95. The first-order valence-corrected chi connectivity index (χ1v) is 6.68. The second-order valence-corrected chi connectivity index (χ2v) is 5.02. The first-order valence-electron chi connectivity index (χ1n) is 6.68. The van der Waals surface area contributed by atoms with Crippen LogP contribution in [0.15, 0.2) is 42.5 Å². The number of benzene rings is 2. The van der Waals surface area contributed by atoms with Crippen LogP contribution in [-0.2, 0) is 11.4 Å². The van der Waals surface area contributed by atoms with Crippen molar-refractivity contribution in [3.63, 3.8) is 0 Å². The molecule has 0 aliphatic heterocycles. The number of aliphatic carboxylic acids is 1. The number of hydrogen-bond donors (Lipinski definition) is 1. The van der Waals surface area contributed by atoms with E-state index in [0.717, 1.165) is 16.7 Å². The smallest absolute Gasteiger partial charge is 0.310 e. The van der Waals surface area contributed by atoms with Gasteiger partial charge in [-0.25, -0.2) is 4.39 Å². The molecular weight excluding hydrogens is 271 g/mol. The molecule has 0 saturated carbocycles. The van der Waals surface area contributed by atoms with Crippen LogP contribution in [0.5, 0.6) is 5.75 Å². The molecule has 0 radical (unpaired) electrons. The van der Waals surface area contributed by atoms with Crippen LogP contribution in [0, 0.1) is 12.7 Å². The van der Waals surface area contributed by atoms with Gasteiger partial charge in [0.15, 0.2) is 11.6 Å². The second kappa shape index (κ2) is 6.39. The van der Waals surface area contributed by atoms with Gasteiger partial charge >= 0.3 is 5.97 Å². The van der Waals surface area contributed by atoms with E-state index in [0.29, 0.717) is 0 Å². The molecule has 2 aromatic carbocycles. The minimum absolute atomic E-state index is 0.220. The van der Waals surface area contributed by atoms with Gasteiger partial charge in [0.25, 0.3) is 0 Å². The van der Waals surface area contributed by atoms with E-state index in [9.17, 15) is 9.18 Å². The third-order valence-electron chi connectivity index (χ3n) is 3.33. The van der Waals surface area contributed by atoms with Crippen molar-refractivity contribution in [2.24, 2.45) is 0 Å². The summed E-state index contributed by atoms with van der Waals surface area (Å²) in [6.07, 6.45) is 0. The largest absolute Gasteiger partial charge is 0.486 e. The molecule has 0 aliphatic rings. The number of carboxylic acids is 1. The molecule has 0 heterocycles. The third-order valence-corrected chi connectivity index (χ3v) is 3.33. The Hall–Kier alpha value is -2.36. The maximum atomic E-state index is 13.5. The first-order chi connectivity index (χ1) is 9.97. The van der Waals surface area contributed by atoms with E-state index >= 15 is 0 Å². The predicted molar refractivity (Wildman–Crippen MR) is 78.0 cm³/mol. The van der Waals surface area contributed by atoms with E-state index in [1.54, 1.807) is 43.3 Å². The zero-order chi connectivity index (χ0) is 15.4. The van der Waals surface area contributed by atoms with Crippen molar-refractivity contribution in [3.8, 4) is 5.75 Å². The molecular formula is C17H17FO3. The molecule has 0 amide bonds.